The van der Waals surface area contributed by atoms with Crippen molar-refractivity contribution >= 4 is 11.0 Å². The lowest BCUT2D eigenvalue weighted by atomic mass is 10.2. The Kier molecular flexibility index (Phi) is 3.80. The summed E-state index contributed by atoms with van der Waals surface area (Å²) < 4.78 is 13.3. The Morgan fingerprint density at radius 3 is 2.48 bits per heavy atom. The molecule has 0 atom stereocenters. The van der Waals surface area contributed by atoms with Gasteiger partial charge in [-0.3, -0.25) is 0 Å². The summed E-state index contributed by atoms with van der Waals surface area (Å²) in [5, 5.41) is 0. The number of aromatic nitrogens is 2. The standard InChI is InChI=1S/C21H20N2O2/c1-14-4-10-18-19(12-14)23(13-16-6-8-17(24-3)9-7-16)21(22-18)20-11-5-15(2)25-20/h4-12H,13H2,1-3H3. The van der Waals surface area contributed by atoms with E-state index in [-0.39, 0.29) is 0 Å². The first kappa shape index (κ1) is 15.5. The Labute approximate surface area is 146 Å². The highest BCUT2D eigenvalue weighted by atomic mass is 16.5. The number of aryl methyl sites for hydroxylation is 2. The SMILES string of the molecule is COc1ccc(Cn2c(-c3ccc(C)o3)nc3ccc(C)cc32)cc1. The van der Waals surface area contributed by atoms with Gasteiger partial charge in [-0.25, -0.2) is 4.98 Å². The second-order valence-corrected chi connectivity index (χ2v) is 6.27. The molecule has 2 aromatic carbocycles. The van der Waals surface area contributed by atoms with Crippen LogP contribution in [0.5, 0.6) is 5.75 Å². The zero-order valence-electron chi connectivity index (χ0n) is 14.6. The average molecular weight is 332 g/mol. The quantitative estimate of drug-likeness (QED) is 0.530. The van der Waals surface area contributed by atoms with Gasteiger partial charge in [0.25, 0.3) is 0 Å². The minimum Gasteiger partial charge on any atom is -0.497 e. The van der Waals surface area contributed by atoms with Gasteiger partial charge in [-0.1, -0.05) is 18.2 Å². The fraction of sp³-hybridized carbons (Fsp3) is 0.190. The number of methoxy groups -OCH3 is 1. The first-order valence-electron chi connectivity index (χ1n) is 8.30. The van der Waals surface area contributed by atoms with Crippen LogP contribution in [0.4, 0.5) is 0 Å². The van der Waals surface area contributed by atoms with E-state index in [1.54, 1.807) is 7.11 Å². The summed E-state index contributed by atoms with van der Waals surface area (Å²) in [6.07, 6.45) is 0. The molecule has 4 rings (SSSR count). The topological polar surface area (TPSA) is 40.2 Å². The number of benzene rings is 2. The Hall–Kier alpha value is -3.01. The molecule has 0 amide bonds. The van der Waals surface area contributed by atoms with Gasteiger partial charge in [0.1, 0.15) is 11.5 Å². The molecule has 0 saturated heterocycles. The predicted octanol–water partition coefficient (Wildman–Crippen LogP) is 4.97. The lowest BCUT2D eigenvalue weighted by Gasteiger charge is -2.09. The summed E-state index contributed by atoms with van der Waals surface area (Å²) in [4.78, 5) is 4.81. The molecule has 126 valence electrons. The predicted molar refractivity (Wildman–Crippen MR) is 99.0 cm³/mol. The molecule has 0 aliphatic heterocycles. The highest BCUT2D eigenvalue weighted by Gasteiger charge is 2.16. The third-order valence-electron chi connectivity index (χ3n) is 4.36. The van der Waals surface area contributed by atoms with Gasteiger partial charge in [-0.15, -0.1) is 0 Å². The molecular formula is C21H20N2O2. The Morgan fingerprint density at radius 2 is 1.80 bits per heavy atom. The fourth-order valence-electron chi connectivity index (χ4n) is 3.05. The van der Waals surface area contributed by atoms with Crippen LogP contribution in [0.1, 0.15) is 16.9 Å². The number of ether oxygens (including phenoxy) is 1. The van der Waals surface area contributed by atoms with Gasteiger partial charge in [0.15, 0.2) is 11.6 Å². The van der Waals surface area contributed by atoms with Crippen LogP contribution in [0.25, 0.3) is 22.6 Å². The summed E-state index contributed by atoms with van der Waals surface area (Å²) in [7, 11) is 1.68. The first-order valence-corrected chi connectivity index (χ1v) is 8.30. The van der Waals surface area contributed by atoms with Gasteiger partial charge in [-0.2, -0.15) is 0 Å². The number of nitrogens with zero attached hydrogens (tertiary/aromatic N) is 2. The van der Waals surface area contributed by atoms with Crippen molar-refractivity contribution in [2.24, 2.45) is 0 Å². The minimum absolute atomic E-state index is 0.721. The molecule has 4 nitrogen and oxygen atoms in total. The fourth-order valence-corrected chi connectivity index (χ4v) is 3.05. The molecule has 0 aliphatic rings. The monoisotopic (exact) mass is 332 g/mol. The summed E-state index contributed by atoms with van der Waals surface area (Å²) in [5.74, 6) is 3.38. The number of furan rings is 1. The molecular weight excluding hydrogens is 312 g/mol. The lowest BCUT2D eigenvalue weighted by Crippen LogP contribution is -2.02. The van der Waals surface area contributed by atoms with Crippen LogP contribution >= 0.6 is 0 Å². The van der Waals surface area contributed by atoms with Gasteiger partial charge in [0.05, 0.1) is 18.1 Å². The molecule has 0 aliphatic carbocycles. The van der Waals surface area contributed by atoms with E-state index < -0.39 is 0 Å². The van der Waals surface area contributed by atoms with Gasteiger partial charge in [0, 0.05) is 6.54 Å². The summed E-state index contributed by atoms with van der Waals surface area (Å²) in [6, 6.07) is 18.4. The highest BCUT2D eigenvalue weighted by Crippen LogP contribution is 2.28. The van der Waals surface area contributed by atoms with Crippen LogP contribution in [0, 0.1) is 13.8 Å². The second-order valence-electron chi connectivity index (χ2n) is 6.27. The van der Waals surface area contributed by atoms with Crippen molar-refractivity contribution in [1.82, 2.24) is 9.55 Å². The number of rotatable bonds is 4. The molecule has 25 heavy (non-hydrogen) atoms. The summed E-state index contributed by atoms with van der Waals surface area (Å²) >= 11 is 0. The van der Waals surface area contributed by atoms with E-state index >= 15 is 0 Å². The van der Waals surface area contributed by atoms with Crippen molar-refractivity contribution in [3.05, 3.63) is 71.5 Å². The molecule has 2 heterocycles. The van der Waals surface area contributed by atoms with E-state index in [0.717, 1.165) is 40.7 Å². The Bertz CT molecular complexity index is 1030. The number of hydrogen-bond acceptors (Lipinski definition) is 3. The van der Waals surface area contributed by atoms with E-state index in [9.17, 15) is 0 Å². The molecule has 0 N–H and O–H groups in total. The largest absolute Gasteiger partial charge is 0.497 e. The first-order chi connectivity index (χ1) is 12.1. The third kappa shape index (κ3) is 2.91. The zero-order chi connectivity index (χ0) is 17.4. The van der Waals surface area contributed by atoms with Crippen molar-refractivity contribution in [2.45, 2.75) is 20.4 Å². The van der Waals surface area contributed by atoms with Crippen molar-refractivity contribution in [1.29, 1.82) is 0 Å². The Morgan fingerprint density at radius 1 is 1.00 bits per heavy atom. The maximum absolute atomic E-state index is 5.84. The number of fused-ring (bicyclic) bond motifs is 1. The Balaban J connectivity index is 1.85. The van der Waals surface area contributed by atoms with Crippen molar-refractivity contribution in [2.75, 3.05) is 7.11 Å². The highest BCUT2D eigenvalue weighted by molar-refractivity contribution is 5.80. The second kappa shape index (κ2) is 6.13. The van der Waals surface area contributed by atoms with Gasteiger partial charge in [-0.05, 0) is 61.4 Å². The van der Waals surface area contributed by atoms with Crippen molar-refractivity contribution in [3.8, 4) is 17.3 Å². The molecule has 0 fully saturated rings. The number of imidazole rings is 1. The van der Waals surface area contributed by atoms with Crippen LogP contribution in [0.3, 0.4) is 0 Å². The van der Waals surface area contributed by atoms with Crippen LogP contribution in [-0.2, 0) is 6.54 Å². The normalized spacial score (nSPS) is 11.2. The maximum Gasteiger partial charge on any atom is 0.177 e. The summed E-state index contributed by atoms with van der Waals surface area (Å²) in [6.45, 7) is 4.77. The van der Waals surface area contributed by atoms with E-state index in [4.69, 9.17) is 14.1 Å². The van der Waals surface area contributed by atoms with Crippen molar-refractivity contribution < 1.29 is 9.15 Å². The van der Waals surface area contributed by atoms with Gasteiger partial charge in [0.2, 0.25) is 0 Å². The van der Waals surface area contributed by atoms with Gasteiger partial charge < -0.3 is 13.7 Å². The van der Waals surface area contributed by atoms with Crippen LogP contribution in [-0.4, -0.2) is 16.7 Å². The van der Waals surface area contributed by atoms with Crippen LogP contribution in [0.15, 0.2) is 59.0 Å². The van der Waals surface area contributed by atoms with Gasteiger partial charge >= 0.3 is 0 Å². The van der Waals surface area contributed by atoms with E-state index in [0.29, 0.717) is 0 Å². The molecule has 0 unspecified atom stereocenters. The maximum atomic E-state index is 5.84. The average Bonchev–Trinajstić information content (AvgIpc) is 3.19. The van der Waals surface area contributed by atoms with Crippen molar-refractivity contribution in [3.63, 3.8) is 0 Å². The lowest BCUT2D eigenvalue weighted by molar-refractivity contribution is 0.414. The van der Waals surface area contributed by atoms with E-state index in [1.807, 2.05) is 31.2 Å². The smallest absolute Gasteiger partial charge is 0.177 e. The molecule has 2 aromatic heterocycles. The molecule has 4 aromatic rings. The third-order valence-corrected chi connectivity index (χ3v) is 4.36. The molecule has 0 bridgehead atoms. The van der Waals surface area contributed by atoms with Crippen LogP contribution < -0.4 is 4.74 Å². The number of hydrogen-bond donors (Lipinski definition) is 0. The molecule has 0 radical (unpaired) electrons. The van der Waals surface area contributed by atoms with E-state index in [1.165, 1.54) is 11.1 Å². The van der Waals surface area contributed by atoms with E-state index in [2.05, 4.69) is 41.8 Å². The minimum atomic E-state index is 0.721. The summed E-state index contributed by atoms with van der Waals surface area (Å²) in [5.41, 5.74) is 4.49. The van der Waals surface area contributed by atoms with Crippen LogP contribution in [0.2, 0.25) is 0 Å². The zero-order valence-corrected chi connectivity index (χ0v) is 14.6. The molecule has 0 saturated carbocycles. The molecule has 0 spiro atoms. The molecule has 4 heteroatoms.